The van der Waals surface area contributed by atoms with Crippen LogP contribution >= 0.6 is 0 Å². The van der Waals surface area contributed by atoms with E-state index < -0.39 is 5.82 Å². The SMILES string of the molecule is C[C@@H]1[C@@H](Nc2ncc(F)cn2)CCCN1C(=O)c1ccccc1-n1nccn1. The maximum Gasteiger partial charge on any atom is 0.256 e. The summed E-state index contributed by atoms with van der Waals surface area (Å²) >= 11 is 0. The summed E-state index contributed by atoms with van der Waals surface area (Å²) in [6, 6.07) is 7.17. The van der Waals surface area contributed by atoms with Crippen LogP contribution in [-0.2, 0) is 0 Å². The number of piperidine rings is 1. The Balaban J connectivity index is 1.56. The third kappa shape index (κ3) is 3.55. The van der Waals surface area contributed by atoms with Crippen LogP contribution in [-0.4, -0.2) is 54.4 Å². The molecule has 28 heavy (non-hydrogen) atoms. The molecular weight excluding hydrogens is 361 g/mol. The molecule has 1 N–H and O–H groups in total. The number of nitrogens with zero attached hydrogens (tertiary/aromatic N) is 6. The number of hydrogen-bond donors (Lipinski definition) is 1. The summed E-state index contributed by atoms with van der Waals surface area (Å²) in [6.07, 6.45) is 7.12. The van der Waals surface area contributed by atoms with Crippen molar-refractivity contribution in [3.8, 4) is 5.69 Å². The molecule has 144 valence electrons. The second-order valence-corrected chi connectivity index (χ2v) is 6.69. The van der Waals surface area contributed by atoms with Crippen LogP contribution in [0.2, 0.25) is 0 Å². The topological polar surface area (TPSA) is 88.8 Å². The number of anilines is 1. The molecule has 8 nitrogen and oxygen atoms in total. The Kier molecular flexibility index (Phi) is 4.96. The van der Waals surface area contributed by atoms with Crippen LogP contribution in [0, 0.1) is 5.82 Å². The molecule has 1 aliphatic rings. The van der Waals surface area contributed by atoms with Crippen LogP contribution in [0.15, 0.2) is 49.1 Å². The van der Waals surface area contributed by atoms with Crippen molar-refractivity contribution in [1.82, 2.24) is 29.9 Å². The van der Waals surface area contributed by atoms with Gasteiger partial charge < -0.3 is 10.2 Å². The van der Waals surface area contributed by atoms with Crippen molar-refractivity contribution in [1.29, 1.82) is 0 Å². The van der Waals surface area contributed by atoms with Crippen molar-refractivity contribution in [2.75, 3.05) is 11.9 Å². The number of amides is 1. The minimum Gasteiger partial charge on any atom is -0.349 e. The fraction of sp³-hybridized carbons (Fsp3) is 0.316. The normalized spacial score (nSPS) is 19.4. The number of benzene rings is 1. The molecule has 2 atom stereocenters. The van der Waals surface area contributed by atoms with Gasteiger partial charge in [-0.05, 0) is 31.9 Å². The van der Waals surface area contributed by atoms with Crippen LogP contribution in [0.4, 0.5) is 10.3 Å². The first kappa shape index (κ1) is 18.0. The molecule has 1 aliphatic heterocycles. The Bertz CT molecular complexity index is 945. The monoisotopic (exact) mass is 381 g/mol. The quantitative estimate of drug-likeness (QED) is 0.746. The van der Waals surface area contributed by atoms with Gasteiger partial charge in [0, 0.05) is 18.6 Å². The number of para-hydroxylation sites is 1. The Hall–Kier alpha value is -3.36. The Morgan fingerprint density at radius 3 is 2.64 bits per heavy atom. The number of hydrogen-bond acceptors (Lipinski definition) is 6. The average Bonchev–Trinajstić information content (AvgIpc) is 3.25. The van der Waals surface area contributed by atoms with Crippen LogP contribution in [0.3, 0.4) is 0 Å². The number of likely N-dealkylation sites (tertiary alicyclic amines) is 1. The van der Waals surface area contributed by atoms with Crippen LogP contribution < -0.4 is 5.32 Å². The molecule has 0 unspecified atom stereocenters. The molecule has 0 radical (unpaired) electrons. The summed E-state index contributed by atoms with van der Waals surface area (Å²) in [5, 5.41) is 11.5. The highest BCUT2D eigenvalue weighted by Gasteiger charge is 2.33. The summed E-state index contributed by atoms with van der Waals surface area (Å²) in [4.78, 5) is 24.5. The summed E-state index contributed by atoms with van der Waals surface area (Å²) in [7, 11) is 0. The summed E-state index contributed by atoms with van der Waals surface area (Å²) in [5.41, 5.74) is 1.19. The van der Waals surface area contributed by atoms with Crippen molar-refractivity contribution in [3.63, 3.8) is 0 Å². The van der Waals surface area contributed by atoms with Gasteiger partial charge in [-0.25, -0.2) is 14.4 Å². The second-order valence-electron chi connectivity index (χ2n) is 6.69. The lowest BCUT2D eigenvalue weighted by Gasteiger charge is -2.40. The van der Waals surface area contributed by atoms with Gasteiger partial charge in [-0.15, -0.1) is 0 Å². The number of rotatable bonds is 4. The molecule has 2 aromatic heterocycles. The molecule has 0 bridgehead atoms. The van der Waals surface area contributed by atoms with E-state index in [4.69, 9.17) is 0 Å². The largest absolute Gasteiger partial charge is 0.349 e. The lowest BCUT2D eigenvalue weighted by molar-refractivity contribution is 0.0616. The Morgan fingerprint density at radius 2 is 1.89 bits per heavy atom. The molecule has 3 aromatic rings. The molecule has 3 heterocycles. The lowest BCUT2D eigenvalue weighted by atomic mass is 9.96. The van der Waals surface area contributed by atoms with E-state index in [0.717, 1.165) is 25.2 Å². The van der Waals surface area contributed by atoms with Crippen LogP contribution in [0.5, 0.6) is 0 Å². The smallest absolute Gasteiger partial charge is 0.256 e. The van der Waals surface area contributed by atoms with Gasteiger partial charge in [-0.2, -0.15) is 15.0 Å². The number of carbonyl (C=O) groups excluding carboxylic acids is 1. The molecule has 0 spiro atoms. The molecular formula is C19H20FN7O. The number of carbonyl (C=O) groups is 1. The number of halogens is 1. The highest BCUT2D eigenvalue weighted by atomic mass is 19.1. The van der Waals surface area contributed by atoms with Gasteiger partial charge in [0.2, 0.25) is 5.95 Å². The van der Waals surface area contributed by atoms with Crippen molar-refractivity contribution in [2.24, 2.45) is 0 Å². The zero-order chi connectivity index (χ0) is 19.5. The number of nitrogens with one attached hydrogen (secondary N) is 1. The van der Waals surface area contributed by atoms with Crippen LogP contribution in [0.1, 0.15) is 30.1 Å². The third-order valence-electron chi connectivity index (χ3n) is 4.95. The predicted molar refractivity (Wildman–Crippen MR) is 100 cm³/mol. The molecule has 4 rings (SSSR count). The maximum atomic E-state index is 13.3. The third-order valence-corrected chi connectivity index (χ3v) is 4.95. The summed E-state index contributed by atoms with van der Waals surface area (Å²) in [5.74, 6) is -0.205. The first-order valence-corrected chi connectivity index (χ1v) is 9.14. The zero-order valence-electron chi connectivity index (χ0n) is 15.4. The number of aromatic nitrogens is 5. The van der Waals surface area contributed by atoms with Gasteiger partial charge in [0.05, 0.1) is 36.0 Å². The van der Waals surface area contributed by atoms with Crippen molar-refractivity contribution in [2.45, 2.75) is 31.8 Å². The van der Waals surface area contributed by atoms with Crippen molar-refractivity contribution < 1.29 is 9.18 Å². The second kappa shape index (κ2) is 7.71. The van der Waals surface area contributed by atoms with E-state index in [-0.39, 0.29) is 18.0 Å². The van der Waals surface area contributed by atoms with E-state index in [0.29, 0.717) is 23.7 Å². The molecule has 0 saturated carbocycles. The summed E-state index contributed by atoms with van der Waals surface area (Å²) < 4.78 is 13.0. The van der Waals surface area contributed by atoms with Gasteiger partial charge in [-0.1, -0.05) is 12.1 Å². The fourth-order valence-electron chi connectivity index (χ4n) is 3.50. The van der Waals surface area contributed by atoms with E-state index in [2.05, 4.69) is 25.5 Å². The van der Waals surface area contributed by atoms with Crippen molar-refractivity contribution in [3.05, 3.63) is 60.4 Å². The maximum absolute atomic E-state index is 13.3. The van der Waals surface area contributed by atoms with E-state index in [1.54, 1.807) is 18.5 Å². The van der Waals surface area contributed by atoms with E-state index in [1.165, 1.54) is 4.80 Å². The Labute approximate surface area is 161 Å². The standard InChI is InChI=1S/C19H20FN7O/c1-13-16(25-19-21-11-14(20)12-22-19)6-4-10-26(13)18(28)15-5-2-3-7-17(15)27-23-8-9-24-27/h2-3,5,7-9,11-13,16H,4,6,10H2,1H3,(H,21,22,25)/t13-,16+/m1/s1. The highest BCUT2D eigenvalue weighted by Crippen LogP contribution is 2.24. The van der Waals surface area contributed by atoms with Crippen molar-refractivity contribution >= 4 is 11.9 Å². The molecule has 0 aliphatic carbocycles. The minimum atomic E-state index is -0.483. The van der Waals surface area contributed by atoms with E-state index in [9.17, 15) is 9.18 Å². The van der Waals surface area contributed by atoms with E-state index in [1.807, 2.05) is 30.0 Å². The predicted octanol–water partition coefficient (Wildman–Crippen LogP) is 2.30. The average molecular weight is 381 g/mol. The first-order chi connectivity index (χ1) is 13.6. The van der Waals surface area contributed by atoms with Gasteiger partial charge >= 0.3 is 0 Å². The Morgan fingerprint density at radius 1 is 1.18 bits per heavy atom. The van der Waals surface area contributed by atoms with Gasteiger partial charge in [0.1, 0.15) is 0 Å². The van der Waals surface area contributed by atoms with Gasteiger partial charge in [-0.3, -0.25) is 4.79 Å². The molecule has 1 saturated heterocycles. The molecule has 1 aromatic carbocycles. The first-order valence-electron chi connectivity index (χ1n) is 9.14. The lowest BCUT2D eigenvalue weighted by Crippen LogP contribution is -2.52. The van der Waals surface area contributed by atoms with E-state index >= 15 is 0 Å². The molecule has 1 amide bonds. The summed E-state index contributed by atoms with van der Waals surface area (Å²) in [6.45, 7) is 2.65. The van der Waals surface area contributed by atoms with Gasteiger partial charge in [0.25, 0.3) is 5.91 Å². The highest BCUT2D eigenvalue weighted by molar-refractivity contribution is 5.98. The fourth-order valence-corrected chi connectivity index (χ4v) is 3.50. The zero-order valence-corrected chi connectivity index (χ0v) is 15.4. The van der Waals surface area contributed by atoms with Crippen LogP contribution in [0.25, 0.3) is 5.69 Å². The molecule has 9 heteroatoms. The minimum absolute atomic E-state index is 0.0295. The molecule has 1 fully saturated rings. The van der Waals surface area contributed by atoms with Gasteiger partial charge in [0.15, 0.2) is 5.82 Å².